The number of likely N-dealkylation sites (N-methyl/N-ethyl adjacent to an activating group) is 1. The van der Waals surface area contributed by atoms with Gasteiger partial charge in [-0.05, 0) is 31.8 Å². The molecule has 0 radical (unpaired) electrons. The molecule has 2 aromatic rings. The van der Waals surface area contributed by atoms with Crippen LogP contribution in [0.25, 0.3) is 0 Å². The second-order valence-electron chi connectivity index (χ2n) is 6.39. The number of hydrogen-bond acceptors (Lipinski definition) is 6. The number of pyridine rings is 1. The van der Waals surface area contributed by atoms with Crippen LogP contribution < -0.4 is 14.2 Å². The Hall–Kier alpha value is -2.31. The molecule has 0 amide bonds. The van der Waals surface area contributed by atoms with Gasteiger partial charge in [0.15, 0.2) is 11.5 Å². The van der Waals surface area contributed by atoms with E-state index in [1.54, 1.807) is 27.5 Å². The highest BCUT2D eigenvalue weighted by atomic mass is 16.5. The molecule has 0 atom stereocenters. The van der Waals surface area contributed by atoms with Gasteiger partial charge in [0, 0.05) is 50.2 Å². The first-order valence-corrected chi connectivity index (χ1v) is 8.62. The minimum absolute atomic E-state index is 0.667. The normalized spacial score (nSPS) is 11.0. The van der Waals surface area contributed by atoms with Crippen LogP contribution in [-0.2, 0) is 13.1 Å². The van der Waals surface area contributed by atoms with Gasteiger partial charge in [-0.2, -0.15) is 0 Å². The van der Waals surface area contributed by atoms with Crippen molar-refractivity contribution in [3.63, 3.8) is 0 Å². The first kappa shape index (κ1) is 20.0. The largest absolute Gasteiger partial charge is 0.496 e. The van der Waals surface area contributed by atoms with E-state index in [1.165, 1.54) is 5.56 Å². The van der Waals surface area contributed by atoms with Crippen LogP contribution in [-0.4, -0.2) is 63.3 Å². The zero-order valence-corrected chi connectivity index (χ0v) is 16.4. The number of nitrogens with zero attached hydrogens (tertiary/aromatic N) is 3. The average molecular weight is 359 g/mol. The second kappa shape index (κ2) is 9.99. The molecule has 0 aliphatic rings. The molecular weight excluding hydrogens is 330 g/mol. The topological polar surface area (TPSA) is 47.1 Å². The van der Waals surface area contributed by atoms with Crippen LogP contribution in [0.5, 0.6) is 17.2 Å². The van der Waals surface area contributed by atoms with Gasteiger partial charge in [0.25, 0.3) is 0 Å². The van der Waals surface area contributed by atoms with Gasteiger partial charge in [0.05, 0.1) is 21.3 Å². The van der Waals surface area contributed by atoms with Crippen molar-refractivity contribution >= 4 is 0 Å². The summed E-state index contributed by atoms with van der Waals surface area (Å²) in [6.45, 7) is 3.46. The molecule has 0 saturated carbocycles. The maximum atomic E-state index is 5.58. The molecular formula is C20H29N3O3. The lowest BCUT2D eigenvalue weighted by atomic mass is 10.1. The molecule has 1 heterocycles. The summed E-state index contributed by atoms with van der Waals surface area (Å²) in [6.07, 6.45) is 3.71. The molecule has 0 unspecified atom stereocenters. The maximum Gasteiger partial charge on any atom is 0.164 e. The molecule has 0 saturated heterocycles. The number of aromatic nitrogens is 1. The Balaban J connectivity index is 2.25. The molecule has 1 aromatic heterocycles. The van der Waals surface area contributed by atoms with Crippen molar-refractivity contribution < 1.29 is 14.2 Å². The van der Waals surface area contributed by atoms with Gasteiger partial charge in [-0.25, -0.2) is 0 Å². The van der Waals surface area contributed by atoms with Crippen molar-refractivity contribution in [1.82, 2.24) is 14.8 Å². The van der Waals surface area contributed by atoms with Crippen LogP contribution in [0, 0.1) is 0 Å². The maximum absolute atomic E-state index is 5.58. The van der Waals surface area contributed by atoms with Gasteiger partial charge >= 0.3 is 0 Å². The van der Waals surface area contributed by atoms with Crippen LogP contribution in [0.2, 0.25) is 0 Å². The third-order valence-electron chi connectivity index (χ3n) is 4.17. The van der Waals surface area contributed by atoms with E-state index in [9.17, 15) is 0 Å². The molecule has 0 fully saturated rings. The molecule has 0 aliphatic heterocycles. The average Bonchev–Trinajstić information content (AvgIpc) is 2.66. The monoisotopic (exact) mass is 359 g/mol. The molecule has 142 valence electrons. The van der Waals surface area contributed by atoms with Crippen LogP contribution in [0.1, 0.15) is 11.1 Å². The quantitative estimate of drug-likeness (QED) is 0.650. The van der Waals surface area contributed by atoms with Crippen molar-refractivity contribution in [2.45, 2.75) is 13.1 Å². The lowest BCUT2D eigenvalue weighted by Gasteiger charge is -2.25. The van der Waals surface area contributed by atoms with Gasteiger partial charge in [-0.1, -0.05) is 6.07 Å². The Bertz CT molecular complexity index is 678. The van der Waals surface area contributed by atoms with Crippen molar-refractivity contribution in [3.05, 3.63) is 47.8 Å². The van der Waals surface area contributed by atoms with Gasteiger partial charge in [0.1, 0.15) is 5.75 Å². The second-order valence-corrected chi connectivity index (χ2v) is 6.39. The fourth-order valence-corrected chi connectivity index (χ4v) is 2.76. The van der Waals surface area contributed by atoms with Gasteiger partial charge in [0.2, 0.25) is 0 Å². The van der Waals surface area contributed by atoms with E-state index in [4.69, 9.17) is 14.2 Å². The van der Waals surface area contributed by atoms with Gasteiger partial charge in [-0.3, -0.25) is 9.88 Å². The summed E-state index contributed by atoms with van der Waals surface area (Å²) in [5, 5.41) is 0. The summed E-state index contributed by atoms with van der Waals surface area (Å²) in [5.41, 5.74) is 2.25. The van der Waals surface area contributed by atoms with E-state index in [2.05, 4.69) is 34.9 Å². The highest BCUT2D eigenvalue weighted by Crippen LogP contribution is 2.35. The Morgan fingerprint density at radius 2 is 1.58 bits per heavy atom. The Kier molecular flexibility index (Phi) is 7.69. The standard InChI is InChI=1S/C20H29N3O3/c1-22(2)9-10-23(14-16-7-6-8-21-13-16)15-17-11-19(25-4)20(26-5)12-18(17)24-3/h6-8,11-13H,9-10,14-15H2,1-5H3. The van der Waals surface area contributed by atoms with E-state index >= 15 is 0 Å². The van der Waals surface area contributed by atoms with Crippen molar-refractivity contribution in [2.75, 3.05) is 48.5 Å². The number of rotatable bonds is 10. The lowest BCUT2D eigenvalue weighted by molar-refractivity contribution is 0.222. The Morgan fingerprint density at radius 3 is 2.15 bits per heavy atom. The first-order chi connectivity index (χ1) is 12.6. The molecule has 0 N–H and O–H groups in total. The lowest BCUT2D eigenvalue weighted by Crippen LogP contribution is -2.31. The molecule has 1 aromatic carbocycles. The van der Waals surface area contributed by atoms with E-state index < -0.39 is 0 Å². The van der Waals surface area contributed by atoms with Crippen molar-refractivity contribution in [1.29, 1.82) is 0 Å². The first-order valence-electron chi connectivity index (χ1n) is 8.62. The van der Waals surface area contributed by atoms with Gasteiger partial charge < -0.3 is 19.1 Å². The van der Waals surface area contributed by atoms with Gasteiger partial charge in [-0.15, -0.1) is 0 Å². The van der Waals surface area contributed by atoms with E-state index in [0.717, 1.165) is 37.5 Å². The smallest absolute Gasteiger partial charge is 0.164 e. The highest BCUT2D eigenvalue weighted by molar-refractivity contribution is 5.50. The predicted octanol–water partition coefficient (Wildman–Crippen LogP) is 2.67. The molecule has 0 spiro atoms. The molecule has 0 aliphatic carbocycles. The SMILES string of the molecule is COc1cc(OC)c(OC)cc1CN(CCN(C)C)Cc1cccnc1. The van der Waals surface area contributed by atoms with Crippen LogP contribution in [0.4, 0.5) is 0 Å². The molecule has 26 heavy (non-hydrogen) atoms. The van der Waals surface area contributed by atoms with E-state index in [1.807, 2.05) is 24.4 Å². The van der Waals surface area contributed by atoms with E-state index in [-0.39, 0.29) is 0 Å². The van der Waals surface area contributed by atoms with Crippen LogP contribution in [0.3, 0.4) is 0 Å². The molecule has 6 nitrogen and oxygen atoms in total. The third-order valence-corrected chi connectivity index (χ3v) is 4.17. The highest BCUT2D eigenvalue weighted by Gasteiger charge is 2.15. The summed E-state index contributed by atoms with van der Waals surface area (Å²) in [4.78, 5) is 8.78. The Morgan fingerprint density at radius 1 is 0.885 bits per heavy atom. The summed E-state index contributed by atoms with van der Waals surface area (Å²) < 4.78 is 16.4. The Labute approximate surface area is 156 Å². The summed E-state index contributed by atoms with van der Waals surface area (Å²) >= 11 is 0. The van der Waals surface area contributed by atoms with Crippen molar-refractivity contribution in [3.8, 4) is 17.2 Å². The molecule has 6 heteroatoms. The number of benzene rings is 1. The number of ether oxygens (including phenoxy) is 3. The van der Waals surface area contributed by atoms with E-state index in [0.29, 0.717) is 11.5 Å². The number of hydrogen-bond donors (Lipinski definition) is 0. The van der Waals surface area contributed by atoms with Crippen LogP contribution in [0.15, 0.2) is 36.7 Å². The third kappa shape index (κ3) is 5.61. The molecule has 2 rings (SSSR count). The predicted molar refractivity (Wildman–Crippen MR) is 103 cm³/mol. The summed E-state index contributed by atoms with van der Waals surface area (Å²) in [7, 11) is 9.12. The number of methoxy groups -OCH3 is 3. The minimum Gasteiger partial charge on any atom is -0.496 e. The fraction of sp³-hybridized carbons (Fsp3) is 0.450. The summed E-state index contributed by atoms with van der Waals surface area (Å²) in [5.74, 6) is 2.17. The van der Waals surface area contributed by atoms with Crippen LogP contribution >= 0.6 is 0 Å². The summed E-state index contributed by atoms with van der Waals surface area (Å²) in [6, 6.07) is 7.93. The zero-order chi connectivity index (χ0) is 18.9. The zero-order valence-electron chi connectivity index (χ0n) is 16.4. The fourth-order valence-electron chi connectivity index (χ4n) is 2.76. The minimum atomic E-state index is 0.667. The molecule has 0 bridgehead atoms. The van der Waals surface area contributed by atoms with Crippen molar-refractivity contribution in [2.24, 2.45) is 0 Å².